The number of ketones is 1. The highest BCUT2D eigenvalue weighted by Crippen LogP contribution is 2.29. The Bertz CT molecular complexity index is 353. The van der Waals surface area contributed by atoms with E-state index in [1.807, 2.05) is 0 Å². The van der Waals surface area contributed by atoms with Gasteiger partial charge in [-0.2, -0.15) is 0 Å². The molecule has 4 atom stereocenters. The van der Waals surface area contributed by atoms with Gasteiger partial charge in [-0.05, 0) is 19.3 Å². The molecular weight excluding hydrogens is 388 g/mol. The van der Waals surface area contributed by atoms with Gasteiger partial charge in [-0.1, -0.05) is 56.0 Å². The van der Waals surface area contributed by atoms with Crippen LogP contribution in [0.3, 0.4) is 0 Å². The number of alkyl halides is 1. The van der Waals surface area contributed by atoms with Gasteiger partial charge in [0.1, 0.15) is 24.4 Å². The lowest BCUT2D eigenvalue weighted by atomic mass is 10.0. The first-order chi connectivity index (χ1) is 12.2. The molecule has 0 amide bonds. The maximum atomic E-state index is 12.3. The van der Waals surface area contributed by atoms with Crippen LogP contribution in [0.5, 0.6) is 0 Å². The smallest absolute Gasteiger partial charge is 0.174 e. The fourth-order valence-corrected chi connectivity index (χ4v) is 3.07. The van der Waals surface area contributed by atoms with Crippen LogP contribution >= 0.6 is 15.9 Å². The minimum atomic E-state index is -0.581. The number of unbranched alkanes of at least 4 members (excludes halogenated alkanes) is 3. The van der Waals surface area contributed by atoms with Crippen molar-refractivity contribution >= 4 is 21.7 Å². The predicted octanol–water partition coefficient (Wildman–Crippen LogP) is 3.91. The number of hydrogen-bond acceptors (Lipinski definition) is 5. The lowest BCUT2D eigenvalue weighted by Gasteiger charge is -2.24. The molecule has 0 aromatic heterocycles. The third kappa shape index (κ3) is 8.04. The van der Waals surface area contributed by atoms with Crippen LogP contribution in [0.2, 0.25) is 0 Å². The summed E-state index contributed by atoms with van der Waals surface area (Å²) in [5.41, 5.74) is 0. The van der Waals surface area contributed by atoms with E-state index < -0.39 is 6.10 Å². The maximum Gasteiger partial charge on any atom is 0.174 e. The van der Waals surface area contributed by atoms with Crippen molar-refractivity contribution in [1.29, 1.82) is 0 Å². The third-order valence-electron chi connectivity index (χ3n) is 4.30. The fourth-order valence-electron chi connectivity index (χ4n) is 2.75. The molecule has 1 aliphatic heterocycles. The molecule has 0 saturated carbocycles. The first-order valence-electron chi connectivity index (χ1n) is 9.74. The average Bonchev–Trinajstić information content (AvgIpc) is 2.96. The molecule has 0 aromatic rings. The molecular formula is C19H35BrO5. The number of carbonyl (C=O) groups excluding carboxylic acids is 1. The highest BCUT2D eigenvalue weighted by molar-refractivity contribution is 9.09. The van der Waals surface area contributed by atoms with E-state index in [4.69, 9.17) is 18.9 Å². The normalized spacial score (nSPS) is 26.2. The number of Topliss-reactive ketones (excluding diaryl/α,β-unsaturated/α-hetero) is 1. The fraction of sp³-hybridized carbons (Fsp3) is 0.947. The molecule has 0 spiro atoms. The van der Waals surface area contributed by atoms with Crippen molar-refractivity contribution in [2.75, 3.05) is 31.8 Å². The van der Waals surface area contributed by atoms with E-state index in [2.05, 4.69) is 36.7 Å². The van der Waals surface area contributed by atoms with E-state index in [1.165, 1.54) is 0 Å². The second kappa shape index (κ2) is 14.1. The molecule has 0 radical (unpaired) electrons. The summed E-state index contributed by atoms with van der Waals surface area (Å²) >= 11 is 3.25. The van der Waals surface area contributed by atoms with Gasteiger partial charge in [0.2, 0.25) is 0 Å². The molecule has 0 unspecified atom stereocenters. The first kappa shape index (κ1) is 23.0. The number of hydrogen-bond donors (Lipinski definition) is 0. The van der Waals surface area contributed by atoms with Crippen LogP contribution < -0.4 is 0 Å². The van der Waals surface area contributed by atoms with Crippen LogP contribution in [0, 0.1) is 0 Å². The molecule has 1 saturated heterocycles. The highest BCUT2D eigenvalue weighted by Gasteiger charge is 2.48. The predicted molar refractivity (Wildman–Crippen MR) is 102 cm³/mol. The van der Waals surface area contributed by atoms with E-state index in [1.54, 1.807) is 0 Å². The minimum absolute atomic E-state index is 0.00153. The van der Waals surface area contributed by atoms with Crippen LogP contribution in [-0.4, -0.2) is 62.0 Å². The van der Waals surface area contributed by atoms with Gasteiger partial charge in [0.15, 0.2) is 5.78 Å². The van der Waals surface area contributed by atoms with E-state index in [0.717, 1.165) is 38.5 Å². The van der Waals surface area contributed by atoms with Crippen molar-refractivity contribution in [3.8, 4) is 0 Å². The van der Waals surface area contributed by atoms with E-state index in [-0.39, 0.29) is 29.4 Å². The van der Waals surface area contributed by atoms with Crippen molar-refractivity contribution in [3.05, 3.63) is 0 Å². The molecule has 6 heteroatoms. The lowest BCUT2D eigenvalue weighted by Crippen LogP contribution is -2.42. The van der Waals surface area contributed by atoms with Crippen LogP contribution in [0.25, 0.3) is 0 Å². The summed E-state index contributed by atoms with van der Waals surface area (Å²) in [4.78, 5) is 12.3. The minimum Gasteiger partial charge on any atom is -0.379 e. The molecule has 0 aliphatic carbocycles. The topological polar surface area (TPSA) is 54.0 Å². The van der Waals surface area contributed by atoms with Gasteiger partial charge in [0.25, 0.3) is 0 Å². The Morgan fingerprint density at radius 1 is 0.920 bits per heavy atom. The molecule has 5 nitrogen and oxygen atoms in total. The molecule has 0 bridgehead atoms. The first-order valence-corrected chi connectivity index (χ1v) is 10.9. The van der Waals surface area contributed by atoms with Crippen LogP contribution in [-0.2, 0) is 23.7 Å². The summed E-state index contributed by atoms with van der Waals surface area (Å²) in [6.07, 6.45) is 4.74. The van der Waals surface area contributed by atoms with Crippen molar-refractivity contribution in [2.45, 2.75) is 83.7 Å². The Hall–Kier alpha value is -0.0100. The Morgan fingerprint density at radius 3 is 2.04 bits per heavy atom. The van der Waals surface area contributed by atoms with E-state index in [9.17, 15) is 4.79 Å². The summed E-state index contributed by atoms with van der Waals surface area (Å²) in [6.45, 7) is 8.80. The summed E-state index contributed by atoms with van der Waals surface area (Å²) in [6, 6.07) is 0. The molecule has 148 valence electrons. The molecule has 1 fully saturated rings. The van der Waals surface area contributed by atoms with Crippen molar-refractivity contribution in [2.24, 2.45) is 0 Å². The molecule has 0 N–H and O–H groups in total. The van der Waals surface area contributed by atoms with Gasteiger partial charge in [-0.3, -0.25) is 4.79 Å². The van der Waals surface area contributed by atoms with Gasteiger partial charge >= 0.3 is 0 Å². The second-order valence-electron chi connectivity index (χ2n) is 6.50. The molecule has 1 aliphatic rings. The van der Waals surface area contributed by atoms with Crippen LogP contribution in [0.15, 0.2) is 0 Å². The largest absolute Gasteiger partial charge is 0.379 e. The zero-order chi connectivity index (χ0) is 18.5. The average molecular weight is 423 g/mol. The van der Waals surface area contributed by atoms with Gasteiger partial charge < -0.3 is 18.9 Å². The maximum absolute atomic E-state index is 12.3. The Labute approximate surface area is 161 Å². The third-order valence-corrected chi connectivity index (χ3v) is 4.85. The standard InChI is InChI=1S/C19H35BrO5/c1-4-7-10-22-14-16-18(23-11-8-5-2)19(24-12-9-6-3)17(25-16)15(21)13-20/h16-19H,4-14H2,1-3H3/t16-,17+,18-,19+/m1/s1. The van der Waals surface area contributed by atoms with Gasteiger partial charge in [0, 0.05) is 19.8 Å². The molecule has 25 heavy (non-hydrogen) atoms. The summed E-state index contributed by atoms with van der Waals surface area (Å²) in [7, 11) is 0. The monoisotopic (exact) mass is 422 g/mol. The van der Waals surface area contributed by atoms with Crippen LogP contribution in [0.4, 0.5) is 0 Å². The zero-order valence-corrected chi connectivity index (χ0v) is 17.6. The van der Waals surface area contributed by atoms with E-state index >= 15 is 0 Å². The number of carbonyl (C=O) groups is 1. The SMILES string of the molecule is CCCCOC[C@H]1O[C@@H](C(=O)CBr)[C@H](OCCCC)[C@@H]1OCCCC. The number of ether oxygens (including phenoxy) is 4. The van der Waals surface area contributed by atoms with Crippen LogP contribution in [0.1, 0.15) is 59.3 Å². The van der Waals surface area contributed by atoms with Gasteiger partial charge in [-0.15, -0.1) is 0 Å². The zero-order valence-electron chi connectivity index (χ0n) is 16.0. The Kier molecular flexibility index (Phi) is 13.0. The highest BCUT2D eigenvalue weighted by atomic mass is 79.9. The number of halogens is 1. The van der Waals surface area contributed by atoms with Crippen molar-refractivity contribution < 1.29 is 23.7 Å². The van der Waals surface area contributed by atoms with Crippen molar-refractivity contribution in [3.63, 3.8) is 0 Å². The molecule has 1 rings (SSSR count). The van der Waals surface area contributed by atoms with Crippen molar-refractivity contribution in [1.82, 2.24) is 0 Å². The quantitative estimate of drug-likeness (QED) is 0.295. The number of rotatable bonds is 15. The molecule has 1 heterocycles. The Balaban J connectivity index is 2.75. The van der Waals surface area contributed by atoms with Gasteiger partial charge in [-0.25, -0.2) is 0 Å². The summed E-state index contributed by atoms with van der Waals surface area (Å²) in [5.74, 6) is 0.00153. The summed E-state index contributed by atoms with van der Waals surface area (Å²) in [5, 5.41) is 0.260. The lowest BCUT2D eigenvalue weighted by molar-refractivity contribution is -0.134. The molecule has 0 aromatic carbocycles. The Morgan fingerprint density at radius 2 is 1.48 bits per heavy atom. The van der Waals surface area contributed by atoms with E-state index in [0.29, 0.717) is 26.4 Å². The second-order valence-corrected chi connectivity index (χ2v) is 7.06. The van der Waals surface area contributed by atoms with Gasteiger partial charge in [0.05, 0.1) is 11.9 Å². The summed E-state index contributed by atoms with van der Waals surface area (Å²) < 4.78 is 23.9.